The smallest absolute Gasteiger partial charge is 0.306 e. The third-order valence-electron chi connectivity index (χ3n) is 15.0. The van der Waals surface area contributed by atoms with Gasteiger partial charge in [-0.1, -0.05) is 316 Å². The first-order valence-corrected chi connectivity index (χ1v) is 34.9. The maximum absolute atomic E-state index is 12.9. The molecule has 0 aliphatic heterocycles. The molecule has 0 amide bonds. The van der Waals surface area contributed by atoms with E-state index in [1.165, 1.54) is 180 Å². The lowest BCUT2D eigenvalue weighted by molar-refractivity contribution is -0.167. The monoisotopic (exact) mass is 1140 g/mol. The highest BCUT2D eigenvalue weighted by Gasteiger charge is 2.19. The van der Waals surface area contributed by atoms with Gasteiger partial charge in [0.15, 0.2) is 6.10 Å². The lowest BCUT2D eigenvalue weighted by atomic mass is 10.0. The largest absolute Gasteiger partial charge is 0.462 e. The number of esters is 3. The Bertz CT molecular complexity index is 1640. The van der Waals surface area contributed by atoms with Crippen LogP contribution in [-0.4, -0.2) is 37.2 Å². The molecule has 470 valence electrons. The van der Waals surface area contributed by atoms with Crippen LogP contribution >= 0.6 is 0 Å². The van der Waals surface area contributed by atoms with Gasteiger partial charge in [-0.25, -0.2) is 0 Å². The molecule has 0 N–H and O–H groups in total. The first-order chi connectivity index (χ1) is 40.5. The molecule has 1 unspecified atom stereocenters. The summed E-state index contributed by atoms with van der Waals surface area (Å²) in [6.07, 6.45) is 95.3. The van der Waals surface area contributed by atoms with Crippen LogP contribution in [0.4, 0.5) is 0 Å². The topological polar surface area (TPSA) is 78.9 Å². The van der Waals surface area contributed by atoms with Gasteiger partial charge >= 0.3 is 17.9 Å². The number of carbonyl (C=O) groups excluding carboxylic acids is 3. The van der Waals surface area contributed by atoms with Crippen molar-refractivity contribution < 1.29 is 28.6 Å². The normalized spacial score (nSPS) is 12.8. The minimum Gasteiger partial charge on any atom is -0.462 e. The fraction of sp³-hybridized carbons (Fsp3) is 0.724. The van der Waals surface area contributed by atoms with Crippen molar-refractivity contribution in [3.8, 4) is 0 Å². The predicted molar refractivity (Wildman–Crippen MR) is 357 cm³/mol. The van der Waals surface area contributed by atoms with E-state index in [-0.39, 0.29) is 31.1 Å². The van der Waals surface area contributed by atoms with E-state index >= 15 is 0 Å². The second-order valence-corrected chi connectivity index (χ2v) is 23.1. The van der Waals surface area contributed by atoms with E-state index in [9.17, 15) is 14.4 Å². The number of unbranched alkanes of at least 4 members (excludes halogenated alkanes) is 34. The molecular formula is C76H130O6. The van der Waals surface area contributed by atoms with Crippen LogP contribution in [0.15, 0.2) is 109 Å². The third-order valence-corrected chi connectivity index (χ3v) is 15.0. The SMILES string of the molecule is CC/C=C\C/C=C\C/C=C\C/C=C\C/C=C\C/C=C\C/C=C\CCCCCCCCCCCC(=O)OCC(COC(=O)CCCCCCCCCCCCCC)OC(=O)CCCCCCCCCCC/C=C\C/C=C\CCCCCCC. The van der Waals surface area contributed by atoms with Gasteiger partial charge in [-0.2, -0.15) is 0 Å². The van der Waals surface area contributed by atoms with Crippen molar-refractivity contribution in [1.29, 1.82) is 0 Å². The van der Waals surface area contributed by atoms with E-state index in [1.54, 1.807) is 0 Å². The molecule has 0 fully saturated rings. The van der Waals surface area contributed by atoms with E-state index < -0.39 is 6.10 Å². The quantitative estimate of drug-likeness (QED) is 0.0261. The highest BCUT2D eigenvalue weighted by molar-refractivity contribution is 5.71. The van der Waals surface area contributed by atoms with Gasteiger partial charge in [0.2, 0.25) is 0 Å². The Morgan fingerprint density at radius 1 is 0.256 bits per heavy atom. The summed E-state index contributed by atoms with van der Waals surface area (Å²) in [7, 11) is 0. The van der Waals surface area contributed by atoms with Crippen LogP contribution in [0.5, 0.6) is 0 Å². The van der Waals surface area contributed by atoms with Crippen molar-refractivity contribution >= 4 is 17.9 Å². The molecule has 1 atom stereocenters. The predicted octanol–water partition coefficient (Wildman–Crippen LogP) is 24.2. The number of hydrogen-bond acceptors (Lipinski definition) is 6. The molecule has 0 aromatic carbocycles. The molecule has 0 aromatic rings. The van der Waals surface area contributed by atoms with Gasteiger partial charge in [-0.15, -0.1) is 0 Å². The summed E-state index contributed by atoms with van der Waals surface area (Å²) in [5.74, 6) is -0.876. The molecular weight excluding hydrogens is 1010 g/mol. The van der Waals surface area contributed by atoms with Crippen LogP contribution in [0.2, 0.25) is 0 Å². The number of allylic oxidation sites excluding steroid dienone is 18. The molecule has 0 spiro atoms. The maximum atomic E-state index is 12.9. The average Bonchev–Trinajstić information content (AvgIpc) is 3.47. The first-order valence-electron chi connectivity index (χ1n) is 34.9. The molecule has 0 heterocycles. The van der Waals surface area contributed by atoms with Crippen LogP contribution in [0.3, 0.4) is 0 Å². The van der Waals surface area contributed by atoms with Gasteiger partial charge in [-0.05, 0) is 109 Å². The number of ether oxygens (including phenoxy) is 3. The highest BCUT2D eigenvalue weighted by Crippen LogP contribution is 2.17. The van der Waals surface area contributed by atoms with Gasteiger partial charge in [0.1, 0.15) is 13.2 Å². The fourth-order valence-electron chi connectivity index (χ4n) is 9.81. The molecule has 0 aromatic heterocycles. The molecule has 0 aliphatic carbocycles. The van der Waals surface area contributed by atoms with Gasteiger partial charge in [0, 0.05) is 19.3 Å². The molecule has 0 saturated heterocycles. The molecule has 6 nitrogen and oxygen atoms in total. The van der Waals surface area contributed by atoms with Crippen molar-refractivity contribution in [3.63, 3.8) is 0 Å². The van der Waals surface area contributed by atoms with Crippen LogP contribution in [0, 0.1) is 0 Å². The van der Waals surface area contributed by atoms with Crippen LogP contribution in [0.25, 0.3) is 0 Å². The Hall–Kier alpha value is -3.93. The lowest BCUT2D eigenvalue weighted by Gasteiger charge is -2.18. The summed E-state index contributed by atoms with van der Waals surface area (Å²) >= 11 is 0. The van der Waals surface area contributed by atoms with E-state index in [0.29, 0.717) is 19.3 Å². The molecule has 6 heteroatoms. The Morgan fingerprint density at radius 3 is 0.744 bits per heavy atom. The second-order valence-electron chi connectivity index (χ2n) is 23.1. The zero-order chi connectivity index (χ0) is 59.2. The summed E-state index contributed by atoms with van der Waals surface area (Å²) in [5.41, 5.74) is 0. The van der Waals surface area contributed by atoms with Crippen LogP contribution in [-0.2, 0) is 28.6 Å². The zero-order valence-electron chi connectivity index (χ0n) is 54.0. The number of rotatable bonds is 63. The minimum absolute atomic E-state index is 0.0786. The third kappa shape index (κ3) is 66.9. The standard InChI is InChI=1S/C76H130O6/c1-4-7-10-13-16-19-22-25-27-29-31-33-34-35-36-37-38-39-40-41-42-44-45-47-49-51-54-57-60-63-66-69-75(78)81-72-73(71-80-74(77)68-65-62-59-56-53-24-21-18-15-12-9-6-3)82-76(79)70-67-64-61-58-55-52-50-48-46-43-32-30-28-26-23-20-17-14-11-8-5-2/h7,10,16,19,23,25-27,30-33,35-36,38-39,41-42,73H,4-6,8-9,11-15,17-18,20-22,24,28-29,34,37,40,43-72H2,1-3H3/b10-7-,19-16-,26-23-,27-25-,32-30-,33-31-,36-35-,39-38-,42-41-. The van der Waals surface area contributed by atoms with Crippen molar-refractivity contribution in [2.75, 3.05) is 13.2 Å². The van der Waals surface area contributed by atoms with E-state index in [0.717, 1.165) is 116 Å². The number of carbonyl (C=O) groups is 3. The van der Waals surface area contributed by atoms with Gasteiger partial charge in [0.25, 0.3) is 0 Å². The zero-order valence-corrected chi connectivity index (χ0v) is 54.0. The van der Waals surface area contributed by atoms with Crippen molar-refractivity contribution in [3.05, 3.63) is 109 Å². The Balaban J connectivity index is 4.28. The highest BCUT2D eigenvalue weighted by atomic mass is 16.6. The van der Waals surface area contributed by atoms with E-state index in [1.807, 2.05) is 0 Å². The molecule has 0 radical (unpaired) electrons. The Labute approximate surface area is 508 Å². The fourth-order valence-corrected chi connectivity index (χ4v) is 9.81. The van der Waals surface area contributed by atoms with Crippen LogP contribution < -0.4 is 0 Å². The molecule has 0 aliphatic rings. The van der Waals surface area contributed by atoms with Gasteiger partial charge in [-0.3, -0.25) is 14.4 Å². The summed E-state index contributed by atoms with van der Waals surface area (Å²) in [6.45, 7) is 6.54. The molecule has 0 saturated carbocycles. The Kier molecular flexibility index (Phi) is 66.2. The average molecular weight is 1140 g/mol. The van der Waals surface area contributed by atoms with E-state index in [2.05, 4.69) is 130 Å². The summed E-state index contributed by atoms with van der Waals surface area (Å²) < 4.78 is 17.0. The van der Waals surface area contributed by atoms with Gasteiger partial charge < -0.3 is 14.2 Å². The summed E-state index contributed by atoms with van der Waals surface area (Å²) in [5, 5.41) is 0. The second kappa shape index (κ2) is 69.6. The first kappa shape index (κ1) is 78.1. The van der Waals surface area contributed by atoms with Crippen molar-refractivity contribution in [2.45, 2.75) is 341 Å². The Morgan fingerprint density at radius 2 is 0.476 bits per heavy atom. The summed E-state index contributed by atoms with van der Waals surface area (Å²) in [4.78, 5) is 38.4. The van der Waals surface area contributed by atoms with Crippen molar-refractivity contribution in [1.82, 2.24) is 0 Å². The van der Waals surface area contributed by atoms with Gasteiger partial charge in [0.05, 0.1) is 0 Å². The molecule has 82 heavy (non-hydrogen) atoms. The van der Waals surface area contributed by atoms with Crippen LogP contribution in [0.1, 0.15) is 335 Å². The molecule has 0 bridgehead atoms. The molecule has 0 rings (SSSR count). The van der Waals surface area contributed by atoms with Crippen molar-refractivity contribution in [2.24, 2.45) is 0 Å². The number of hydrogen-bond donors (Lipinski definition) is 0. The summed E-state index contributed by atoms with van der Waals surface area (Å²) in [6, 6.07) is 0. The minimum atomic E-state index is -0.783. The maximum Gasteiger partial charge on any atom is 0.306 e. The van der Waals surface area contributed by atoms with E-state index in [4.69, 9.17) is 14.2 Å². The lowest BCUT2D eigenvalue weighted by Crippen LogP contribution is -2.30.